The first-order valence-electron chi connectivity index (χ1n) is 11.5. The van der Waals surface area contributed by atoms with Gasteiger partial charge in [-0.1, -0.05) is 48.5 Å². The lowest BCUT2D eigenvalue weighted by Gasteiger charge is -2.07. The lowest BCUT2D eigenvalue weighted by molar-refractivity contribution is 1.36. The van der Waals surface area contributed by atoms with E-state index in [1.54, 1.807) is 0 Å². The predicted octanol–water partition coefficient (Wildman–Crippen LogP) is 9.06. The molecule has 158 valence electrons. The summed E-state index contributed by atoms with van der Waals surface area (Å²) >= 11 is 1.87. The van der Waals surface area contributed by atoms with E-state index in [0.717, 1.165) is 0 Å². The van der Waals surface area contributed by atoms with E-state index in [-0.39, 0.29) is 0 Å². The zero-order valence-corrected chi connectivity index (χ0v) is 19.0. The normalized spacial score (nSPS) is 12.1. The molecule has 0 aliphatic heterocycles. The van der Waals surface area contributed by atoms with Crippen molar-refractivity contribution in [3.63, 3.8) is 0 Å². The fourth-order valence-electron chi connectivity index (χ4n) is 5.40. The molecule has 0 spiro atoms. The fraction of sp³-hybridized carbons (Fsp3) is 0. The molecule has 0 saturated heterocycles. The molecule has 3 heteroatoms. The van der Waals surface area contributed by atoms with E-state index >= 15 is 0 Å². The molecule has 0 radical (unpaired) electrons. The van der Waals surface area contributed by atoms with E-state index in [2.05, 4.69) is 101 Å². The standard InChI is InChI=1S/C31H18N2S/c1-2-5-19-14-28-24(12-18(19)4-1)25-15-27-26-13-20(8-9-30(26)34-31(27)16-29(25)33-28)22-7-3-6-21-17-32-11-10-23(21)22/h1-17,33H. The molecule has 5 aromatic carbocycles. The molecule has 2 nitrogen and oxygen atoms in total. The number of nitrogens with zero attached hydrogens (tertiary/aromatic N) is 1. The van der Waals surface area contributed by atoms with Gasteiger partial charge in [0.2, 0.25) is 0 Å². The Labute approximate surface area is 199 Å². The number of hydrogen-bond acceptors (Lipinski definition) is 2. The predicted molar refractivity (Wildman–Crippen MR) is 147 cm³/mol. The number of H-pyrrole nitrogens is 1. The van der Waals surface area contributed by atoms with Gasteiger partial charge in [0.25, 0.3) is 0 Å². The maximum Gasteiger partial charge on any atom is 0.0479 e. The van der Waals surface area contributed by atoms with Gasteiger partial charge in [-0.3, -0.25) is 4.98 Å². The lowest BCUT2D eigenvalue weighted by Crippen LogP contribution is -1.82. The average molecular weight is 451 g/mol. The Morgan fingerprint density at radius 3 is 2.29 bits per heavy atom. The van der Waals surface area contributed by atoms with Gasteiger partial charge in [-0.2, -0.15) is 0 Å². The van der Waals surface area contributed by atoms with Gasteiger partial charge in [0.05, 0.1) is 0 Å². The number of rotatable bonds is 1. The highest BCUT2D eigenvalue weighted by Crippen LogP contribution is 2.41. The van der Waals surface area contributed by atoms with Gasteiger partial charge in [-0.15, -0.1) is 11.3 Å². The quantitative estimate of drug-likeness (QED) is 0.265. The second kappa shape index (κ2) is 6.66. The summed E-state index contributed by atoms with van der Waals surface area (Å²) in [7, 11) is 0. The van der Waals surface area contributed by atoms with Crippen LogP contribution in [0.5, 0.6) is 0 Å². The van der Waals surface area contributed by atoms with Crippen molar-refractivity contribution in [2.75, 3.05) is 0 Å². The number of thiophene rings is 1. The summed E-state index contributed by atoms with van der Waals surface area (Å²) in [6, 6.07) is 33.3. The zero-order valence-electron chi connectivity index (χ0n) is 18.2. The van der Waals surface area contributed by atoms with Crippen LogP contribution in [-0.4, -0.2) is 9.97 Å². The van der Waals surface area contributed by atoms with Crippen LogP contribution < -0.4 is 0 Å². The van der Waals surface area contributed by atoms with Gasteiger partial charge < -0.3 is 4.98 Å². The summed E-state index contributed by atoms with van der Waals surface area (Å²) < 4.78 is 2.64. The fourth-order valence-corrected chi connectivity index (χ4v) is 6.51. The van der Waals surface area contributed by atoms with Crippen molar-refractivity contribution in [2.24, 2.45) is 0 Å². The van der Waals surface area contributed by atoms with Crippen LogP contribution in [-0.2, 0) is 0 Å². The van der Waals surface area contributed by atoms with E-state index in [4.69, 9.17) is 0 Å². The molecule has 8 aromatic rings. The van der Waals surface area contributed by atoms with Gasteiger partial charge in [0.1, 0.15) is 0 Å². The van der Waals surface area contributed by atoms with Crippen molar-refractivity contribution >= 4 is 74.9 Å². The molecule has 0 fully saturated rings. The molecule has 0 aliphatic rings. The Balaban J connectivity index is 1.42. The third-order valence-corrected chi connectivity index (χ3v) is 8.18. The van der Waals surface area contributed by atoms with Crippen molar-refractivity contribution in [1.82, 2.24) is 9.97 Å². The molecular weight excluding hydrogens is 432 g/mol. The van der Waals surface area contributed by atoms with Crippen molar-refractivity contribution < 1.29 is 0 Å². The minimum Gasteiger partial charge on any atom is -0.354 e. The van der Waals surface area contributed by atoms with Crippen molar-refractivity contribution in [1.29, 1.82) is 0 Å². The third-order valence-electron chi connectivity index (χ3n) is 7.05. The van der Waals surface area contributed by atoms with Crippen molar-refractivity contribution in [3.8, 4) is 11.1 Å². The topological polar surface area (TPSA) is 28.7 Å². The van der Waals surface area contributed by atoms with Gasteiger partial charge in [0.15, 0.2) is 0 Å². The molecule has 8 rings (SSSR count). The van der Waals surface area contributed by atoms with E-state index in [1.165, 1.54) is 74.6 Å². The van der Waals surface area contributed by atoms with Crippen LogP contribution in [0.1, 0.15) is 0 Å². The van der Waals surface area contributed by atoms with E-state index in [9.17, 15) is 0 Å². The molecular formula is C31H18N2S. The first kappa shape index (κ1) is 18.2. The largest absolute Gasteiger partial charge is 0.354 e. The van der Waals surface area contributed by atoms with Gasteiger partial charge in [0, 0.05) is 59.8 Å². The Bertz CT molecular complexity index is 2070. The number of fused-ring (bicyclic) bond motifs is 8. The highest BCUT2D eigenvalue weighted by atomic mass is 32.1. The number of nitrogens with one attached hydrogen (secondary N) is 1. The first-order valence-corrected chi connectivity index (χ1v) is 12.3. The second-order valence-corrected chi connectivity index (χ2v) is 10.1. The summed E-state index contributed by atoms with van der Waals surface area (Å²) in [5.74, 6) is 0. The number of aromatic nitrogens is 2. The smallest absolute Gasteiger partial charge is 0.0479 e. The second-order valence-electron chi connectivity index (χ2n) is 8.98. The van der Waals surface area contributed by atoms with Gasteiger partial charge >= 0.3 is 0 Å². The van der Waals surface area contributed by atoms with Crippen LogP contribution in [0.15, 0.2) is 103 Å². The molecule has 0 bridgehead atoms. The van der Waals surface area contributed by atoms with Crippen LogP contribution >= 0.6 is 11.3 Å². The van der Waals surface area contributed by atoms with Crippen LogP contribution in [0.3, 0.4) is 0 Å². The number of pyridine rings is 1. The Morgan fingerprint density at radius 1 is 0.559 bits per heavy atom. The van der Waals surface area contributed by atoms with E-state index in [1.807, 2.05) is 23.7 Å². The molecule has 0 atom stereocenters. The highest BCUT2D eigenvalue weighted by Gasteiger charge is 2.13. The van der Waals surface area contributed by atoms with Crippen LogP contribution in [0, 0.1) is 0 Å². The minimum atomic E-state index is 1.17. The minimum absolute atomic E-state index is 1.17. The Kier molecular flexibility index (Phi) is 3.57. The zero-order chi connectivity index (χ0) is 22.2. The number of benzene rings is 5. The SMILES string of the molecule is c1ccc2cc3c(cc2c1)[nH]c1cc2sc4ccc(-c5cccc6cnccc56)cc4c2cc13. The Morgan fingerprint density at radius 2 is 1.35 bits per heavy atom. The average Bonchev–Trinajstić information content (AvgIpc) is 3.41. The molecule has 34 heavy (non-hydrogen) atoms. The van der Waals surface area contributed by atoms with Crippen molar-refractivity contribution in [2.45, 2.75) is 0 Å². The van der Waals surface area contributed by atoms with Crippen molar-refractivity contribution in [3.05, 3.63) is 103 Å². The maximum absolute atomic E-state index is 4.30. The summed E-state index contributed by atoms with van der Waals surface area (Å²) in [5.41, 5.74) is 4.89. The van der Waals surface area contributed by atoms with Gasteiger partial charge in [-0.05, 0) is 69.8 Å². The maximum atomic E-state index is 4.30. The lowest BCUT2D eigenvalue weighted by atomic mass is 9.98. The third kappa shape index (κ3) is 2.53. The van der Waals surface area contributed by atoms with Crippen LogP contribution in [0.4, 0.5) is 0 Å². The summed E-state index contributed by atoms with van der Waals surface area (Å²) in [6.45, 7) is 0. The van der Waals surface area contributed by atoms with E-state index < -0.39 is 0 Å². The summed E-state index contributed by atoms with van der Waals surface area (Å²) in [6.07, 6.45) is 3.82. The highest BCUT2D eigenvalue weighted by molar-refractivity contribution is 7.25. The summed E-state index contributed by atoms with van der Waals surface area (Å²) in [4.78, 5) is 7.96. The van der Waals surface area contributed by atoms with Gasteiger partial charge in [-0.25, -0.2) is 0 Å². The monoisotopic (exact) mass is 450 g/mol. The first-order chi connectivity index (χ1) is 16.8. The van der Waals surface area contributed by atoms with E-state index in [0.29, 0.717) is 0 Å². The molecule has 1 N–H and O–H groups in total. The van der Waals surface area contributed by atoms with Crippen LogP contribution in [0.2, 0.25) is 0 Å². The number of aromatic amines is 1. The molecule has 0 amide bonds. The summed E-state index contributed by atoms with van der Waals surface area (Å²) in [5, 5.41) is 10.2. The van der Waals surface area contributed by atoms with Crippen LogP contribution in [0.25, 0.3) is 74.6 Å². The Hall–Kier alpha value is -4.21. The molecule has 0 aliphatic carbocycles. The molecule has 0 unspecified atom stereocenters. The number of hydrogen-bond donors (Lipinski definition) is 1. The molecule has 0 saturated carbocycles. The molecule has 3 heterocycles. The molecule has 3 aromatic heterocycles.